The van der Waals surface area contributed by atoms with Gasteiger partial charge in [0.05, 0.1) is 12.4 Å². The number of benzene rings is 1. The fourth-order valence-corrected chi connectivity index (χ4v) is 2.94. The molecule has 0 aliphatic carbocycles. The summed E-state index contributed by atoms with van der Waals surface area (Å²) < 4.78 is 2.07. The Hall–Kier alpha value is -2.07. The van der Waals surface area contributed by atoms with Crippen LogP contribution >= 0.6 is 11.3 Å². The Balaban J connectivity index is 1.71. The normalized spacial score (nSPS) is 12.2. The zero-order valence-electron chi connectivity index (χ0n) is 11.4. The van der Waals surface area contributed by atoms with E-state index in [4.69, 9.17) is 0 Å². The minimum absolute atomic E-state index is 0.332. The van der Waals surface area contributed by atoms with Crippen LogP contribution in [-0.4, -0.2) is 9.55 Å². The molecule has 1 N–H and O–H groups in total. The number of hydrogen-bond donors (Lipinski definition) is 1. The Morgan fingerprint density at radius 1 is 1.30 bits per heavy atom. The number of aromatic nitrogens is 2. The van der Waals surface area contributed by atoms with E-state index >= 15 is 0 Å². The Bertz CT molecular complexity index is 644. The highest BCUT2D eigenvalue weighted by Gasteiger charge is 2.06. The molecular formula is C16H17N3S. The molecule has 102 valence electrons. The average molecular weight is 283 g/mol. The summed E-state index contributed by atoms with van der Waals surface area (Å²) in [4.78, 5) is 5.42. The molecule has 0 fully saturated rings. The molecule has 0 aliphatic rings. The maximum atomic E-state index is 4.07. The monoisotopic (exact) mass is 283 g/mol. The van der Waals surface area contributed by atoms with Gasteiger partial charge in [-0.05, 0) is 36.1 Å². The summed E-state index contributed by atoms with van der Waals surface area (Å²) >= 11 is 1.78. The van der Waals surface area contributed by atoms with E-state index in [1.165, 1.54) is 10.4 Å². The molecule has 2 aromatic heterocycles. The van der Waals surface area contributed by atoms with E-state index in [1.807, 2.05) is 12.5 Å². The largest absolute Gasteiger partial charge is 0.378 e. The first-order valence-corrected chi connectivity index (χ1v) is 7.54. The predicted octanol–water partition coefficient (Wildman–Crippen LogP) is 4.17. The summed E-state index contributed by atoms with van der Waals surface area (Å²) in [7, 11) is 0. The molecule has 4 heteroatoms. The maximum absolute atomic E-state index is 4.07. The van der Waals surface area contributed by atoms with Crippen molar-refractivity contribution in [3.8, 4) is 0 Å². The van der Waals surface area contributed by atoms with Crippen molar-refractivity contribution >= 4 is 17.0 Å². The molecule has 2 heterocycles. The van der Waals surface area contributed by atoms with Crippen molar-refractivity contribution in [1.29, 1.82) is 0 Å². The topological polar surface area (TPSA) is 29.9 Å². The van der Waals surface area contributed by atoms with Crippen LogP contribution in [0.3, 0.4) is 0 Å². The van der Waals surface area contributed by atoms with E-state index in [0.29, 0.717) is 6.04 Å². The minimum Gasteiger partial charge on any atom is -0.378 e. The molecule has 1 unspecified atom stereocenters. The van der Waals surface area contributed by atoms with Gasteiger partial charge in [0.2, 0.25) is 0 Å². The van der Waals surface area contributed by atoms with Crippen LogP contribution in [0.15, 0.2) is 60.5 Å². The van der Waals surface area contributed by atoms with Crippen LogP contribution in [0.25, 0.3) is 0 Å². The average Bonchev–Trinajstić information content (AvgIpc) is 3.12. The second-order valence-corrected chi connectivity index (χ2v) is 5.80. The number of imidazole rings is 1. The van der Waals surface area contributed by atoms with Crippen molar-refractivity contribution in [3.63, 3.8) is 0 Å². The van der Waals surface area contributed by atoms with Gasteiger partial charge in [-0.2, -0.15) is 0 Å². The number of nitrogens with zero attached hydrogens (tertiary/aromatic N) is 2. The van der Waals surface area contributed by atoms with Crippen LogP contribution in [0.4, 0.5) is 5.69 Å². The zero-order valence-corrected chi connectivity index (χ0v) is 12.2. The molecule has 0 spiro atoms. The van der Waals surface area contributed by atoms with E-state index < -0.39 is 0 Å². The Morgan fingerprint density at radius 2 is 2.25 bits per heavy atom. The third-order valence-electron chi connectivity index (χ3n) is 3.20. The molecule has 3 aromatic rings. The summed E-state index contributed by atoms with van der Waals surface area (Å²) in [6.07, 6.45) is 5.63. The first kappa shape index (κ1) is 12.9. The van der Waals surface area contributed by atoms with Crippen LogP contribution in [0, 0.1) is 0 Å². The quantitative estimate of drug-likeness (QED) is 0.761. The molecule has 0 saturated carbocycles. The van der Waals surface area contributed by atoms with Gasteiger partial charge >= 0.3 is 0 Å². The zero-order chi connectivity index (χ0) is 13.8. The lowest BCUT2D eigenvalue weighted by Gasteiger charge is -2.14. The number of anilines is 1. The highest BCUT2D eigenvalue weighted by molar-refractivity contribution is 7.10. The van der Waals surface area contributed by atoms with Crippen molar-refractivity contribution in [2.75, 3.05) is 5.32 Å². The summed E-state index contributed by atoms with van der Waals surface area (Å²) in [6.45, 7) is 3.04. The second-order valence-electron chi connectivity index (χ2n) is 4.82. The van der Waals surface area contributed by atoms with Gasteiger partial charge in [-0.25, -0.2) is 4.98 Å². The fourth-order valence-electron chi connectivity index (χ4n) is 2.21. The Labute approximate surface area is 122 Å². The van der Waals surface area contributed by atoms with Crippen LogP contribution in [0.1, 0.15) is 23.4 Å². The number of hydrogen-bond acceptors (Lipinski definition) is 3. The predicted molar refractivity (Wildman–Crippen MR) is 84.1 cm³/mol. The van der Waals surface area contributed by atoms with Crippen molar-refractivity contribution < 1.29 is 0 Å². The van der Waals surface area contributed by atoms with E-state index in [9.17, 15) is 0 Å². The summed E-state index contributed by atoms with van der Waals surface area (Å²) in [5, 5.41) is 5.66. The fraction of sp³-hybridized carbons (Fsp3) is 0.188. The van der Waals surface area contributed by atoms with Gasteiger partial charge in [-0.1, -0.05) is 18.2 Å². The molecule has 1 aromatic carbocycles. The molecule has 0 bridgehead atoms. The van der Waals surface area contributed by atoms with Crippen molar-refractivity contribution in [1.82, 2.24) is 9.55 Å². The first-order chi connectivity index (χ1) is 9.81. The van der Waals surface area contributed by atoms with E-state index in [2.05, 4.69) is 63.6 Å². The third kappa shape index (κ3) is 3.08. The van der Waals surface area contributed by atoms with Gasteiger partial charge in [-0.3, -0.25) is 0 Å². The lowest BCUT2D eigenvalue weighted by molar-refractivity contribution is 0.797. The summed E-state index contributed by atoms with van der Waals surface area (Å²) in [5.41, 5.74) is 2.43. The van der Waals surface area contributed by atoms with Crippen molar-refractivity contribution in [2.24, 2.45) is 0 Å². The van der Waals surface area contributed by atoms with Gasteiger partial charge in [0, 0.05) is 29.5 Å². The SMILES string of the molecule is CC(Nc1cccc(Cn2ccnc2)c1)c1cccs1. The maximum Gasteiger partial charge on any atom is 0.0949 e. The van der Waals surface area contributed by atoms with Crippen LogP contribution < -0.4 is 5.32 Å². The molecular weight excluding hydrogens is 266 g/mol. The molecule has 0 radical (unpaired) electrons. The van der Waals surface area contributed by atoms with Crippen molar-refractivity contribution in [2.45, 2.75) is 19.5 Å². The van der Waals surface area contributed by atoms with E-state index in [0.717, 1.165) is 12.2 Å². The summed E-state index contributed by atoms with van der Waals surface area (Å²) in [5.74, 6) is 0. The lowest BCUT2D eigenvalue weighted by atomic mass is 10.1. The summed E-state index contributed by atoms with van der Waals surface area (Å²) in [6, 6.07) is 13.1. The highest BCUT2D eigenvalue weighted by Crippen LogP contribution is 2.23. The molecule has 3 rings (SSSR count). The second kappa shape index (κ2) is 5.92. The van der Waals surface area contributed by atoms with Crippen LogP contribution in [0.2, 0.25) is 0 Å². The number of thiophene rings is 1. The number of nitrogens with one attached hydrogen (secondary N) is 1. The molecule has 3 nitrogen and oxygen atoms in total. The molecule has 1 atom stereocenters. The van der Waals surface area contributed by atoms with Crippen molar-refractivity contribution in [3.05, 3.63) is 70.9 Å². The van der Waals surface area contributed by atoms with Crippen LogP contribution in [-0.2, 0) is 6.54 Å². The van der Waals surface area contributed by atoms with E-state index in [1.54, 1.807) is 17.5 Å². The lowest BCUT2D eigenvalue weighted by Crippen LogP contribution is -2.05. The number of rotatable bonds is 5. The van der Waals surface area contributed by atoms with Gasteiger partial charge in [0.15, 0.2) is 0 Å². The van der Waals surface area contributed by atoms with Gasteiger partial charge in [-0.15, -0.1) is 11.3 Å². The molecule has 0 amide bonds. The Kier molecular flexibility index (Phi) is 3.83. The smallest absolute Gasteiger partial charge is 0.0949 e. The first-order valence-electron chi connectivity index (χ1n) is 6.66. The van der Waals surface area contributed by atoms with Gasteiger partial charge in [0.1, 0.15) is 0 Å². The Morgan fingerprint density at radius 3 is 3.00 bits per heavy atom. The third-order valence-corrected chi connectivity index (χ3v) is 4.26. The highest BCUT2D eigenvalue weighted by atomic mass is 32.1. The minimum atomic E-state index is 0.332. The standard InChI is InChI=1S/C16H17N3S/c1-13(16-6-3-9-20-16)18-15-5-2-4-14(10-15)11-19-8-7-17-12-19/h2-10,12-13,18H,11H2,1H3. The molecule has 0 aliphatic heterocycles. The van der Waals surface area contributed by atoms with Gasteiger partial charge in [0.25, 0.3) is 0 Å². The molecule has 20 heavy (non-hydrogen) atoms. The van der Waals surface area contributed by atoms with Crippen LogP contribution in [0.5, 0.6) is 0 Å². The van der Waals surface area contributed by atoms with Gasteiger partial charge < -0.3 is 9.88 Å². The molecule has 0 saturated heterocycles. The van der Waals surface area contributed by atoms with E-state index in [-0.39, 0.29) is 0 Å².